The minimum atomic E-state index is -2.03. The summed E-state index contributed by atoms with van der Waals surface area (Å²) in [5.74, 6) is 0. The Bertz CT molecular complexity index is 8.00. The molecule has 0 aliphatic heterocycles. The third-order valence-electron chi connectivity index (χ3n) is 0. The second-order valence-corrected chi connectivity index (χ2v) is 10.2. The SMILES string of the molecule is [Cl][RuH3]([Cl])[Cl]. The molecule has 32 valence electrons. The molecule has 0 spiro atoms. The first-order chi connectivity index (χ1) is 1.73. The summed E-state index contributed by atoms with van der Waals surface area (Å²) in [6.07, 6.45) is 0. The first-order valence-electron chi connectivity index (χ1n) is 0.507. The van der Waals surface area contributed by atoms with Gasteiger partial charge < -0.3 is 0 Å². The molecular formula is H3Cl3Ru. The molecular weight excluding hydrogens is 207 g/mol. The molecule has 0 amide bonds. The van der Waals surface area contributed by atoms with Crippen LogP contribution in [0, 0.1) is 0 Å². The van der Waals surface area contributed by atoms with Crippen LogP contribution in [0.4, 0.5) is 0 Å². The molecule has 0 rings (SSSR count). The molecule has 0 aliphatic rings. The Labute approximate surface area is 42.1 Å². The van der Waals surface area contributed by atoms with Gasteiger partial charge in [0, 0.05) is 0 Å². The van der Waals surface area contributed by atoms with Gasteiger partial charge in [0.2, 0.25) is 0 Å². The number of hydrogen-bond acceptors (Lipinski definition) is 0. The molecule has 0 N–H and O–H groups in total. The van der Waals surface area contributed by atoms with Crippen LogP contribution in [0.25, 0.3) is 0 Å². The quantitative estimate of drug-likeness (QED) is 0.528. The predicted octanol–water partition coefficient (Wildman–Crippen LogP) is 1.26. The van der Waals surface area contributed by atoms with Crippen molar-refractivity contribution < 1.29 is 13.0 Å². The van der Waals surface area contributed by atoms with E-state index in [0.29, 0.717) is 0 Å². The van der Waals surface area contributed by atoms with Crippen LogP contribution >= 0.6 is 29.1 Å². The molecule has 4 heavy (non-hydrogen) atoms. The van der Waals surface area contributed by atoms with Crippen LogP contribution < -0.4 is 0 Å². The summed E-state index contributed by atoms with van der Waals surface area (Å²) in [5.41, 5.74) is 0. The molecule has 0 unspecified atom stereocenters. The predicted molar refractivity (Wildman–Crippen MR) is 21.7 cm³/mol. The molecule has 0 radical (unpaired) electrons. The first kappa shape index (κ1) is 5.49. The van der Waals surface area contributed by atoms with Crippen molar-refractivity contribution in [3.05, 3.63) is 0 Å². The van der Waals surface area contributed by atoms with E-state index in [4.69, 9.17) is 29.1 Å². The average Bonchev–Trinajstić information content (AvgIpc) is 0.811. The van der Waals surface area contributed by atoms with Crippen LogP contribution in [0.2, 0.25) is 0 Å². The van der Waals surface area contributed by atoms with Crippen LogP contribution in [0.1, 0.15) is 0 Å². The van der Waals surface area contributed by atoms with Crippen molar-refractivity contribution >= 4 is 29.1 Å². The van der Waals surface area contributed by atoms with E-state index in [2.05, 4.69) is 0 Å². The average molecular weight is 210 g/mol. The van der Waals surface area contributed by atoms with Gasteiger partial charge in [-0.15, -0.1) is 0 Å². The Morgan fingerprint density at radius 3 is 1.00 bits per heavy atom. The normalized spacial score (nSPS) is 11.2. The number of rotatable bonds is 0. The molecule has 4 heteroatoms. The van der Waals surface area contributed by atoms with Gasteiger partial charge in [0.1, 0.15) is 0 Å². The topological polar surface area (TPSA) is 0 Å². The summed E-state index contributed by atoms with van der Waals surface area (Å²) in [6.45, 7) is 0. The van der Waals surface area contributed by atoms with Crippen molar-refractivity contribution in [3.8, 4) is 0 Å². The van der Waals surface area contributed by atoms with E-state index in [0.717, 1.165) is 0 Å². The third kappa shape index (κ3) is 9.74. The van der Waals surface area contributed by atoms with E-state index < -0.39 is 13.0 Å². The van der Waals surface area contributed by atoms with E-state index in [1.807, 2.05) is 0 Å². The second kappa shape index (κ2) is 2.72. The monoisotopic (exact) mass is 210 g/mol. The molecule has 0 bridgehead atoms. The van der Waals surface area contributed by atoms with Gasteiger partial charge in [-0.25, -0.2) is 0 Å². The van der Waals surface area contributed by atoms with Gasteiger partial charge in [0.15, 0.2) is 0 Å². The Balaban J connectivity index is 2.32. The van der Waals surface area contributed by atoms with Crippen molar-refractivity contribution in [1.82, 2.24) is 0 Å². The van der Waals surface area contributed by atoms with Crippen LogP contribution in [0.15, 0.2) is 0 Å². The van der Waals surface area contributed by atoms with Crippen LogP contribution in [-0.4, -0.2) is 0 Å². The van der Waals surface area contributed by atoms with Crippen molar-refractivity contribution in [2.45, 2.75) is 0 Å². The van der Waals surface area contributed by atoms with Crippen LogP contribution in [0.3, 0.4) is 0 Å². The third-order valence-corrected chi connectivity index (χ3v) is 0. The fourth-order valence-corrected chi connectivity index (χ4v) is 0. The zero-order chi connectivity index (χ0) is 3.58. The summed E-state index contributed by atoms with van der Waals surface area (Å²) < 4.78 is 0. The first-order valence-corrected chi connectivity index (χ1v) is 9.00. The minimum absolute atomic E-state index is 2.03. The zero-order valence-electron chi connectivity index (χ0n) is 1.58. The molecule has 0 nitrogen and oxygen atoms in total. The Kier molecular flexibility index (Phi) is 3.73. The fourth-order valence-electron chi connectivity index (χ4n) is 0. The summed E-state index contributed by atoms with van der Waals surface area (Å²) in [5, 5.41) is 0. The van der Waals surface area contributed by atoms with Crippen molar-refractivity contribution in [3.63, 3.8) is 0 Å². The molecule has 0 atom stereocenters. The summed E-state index contributed by atoms with van der Waals surface area (Å²) in [6, 6.07) is 0. The molecule has 0 saturated carbocycles. The Hall–Kier alpha value is 1.49. The van der Waals surface area contributed by atoms with E-state index >= 15 is 0 Å². The summed E-state index contributed by atoms with van der Waals surface area (Å²) in [4.78, 5) is 0. The van der Waals surface area contributed by atoms with Crippen molar-refractivity contribution in [1.29, 1.82) is 0 Å². The molecule has 0 aromatic heterocycles. The van der Waals surface area contributed by atoms with E-state index in [1.165, 1.54) is 0 Å². The zero-order valence-corrected chi connectivity index (χ0v) is 6.05. The van der Waals surface area contributed by atoms with Gasteiger partial charge in [-0.2, -0.15) is 0 Å². The van der Waals surface area contributed by atoms with Crippen molar-refractivity contribution in [2.24, 2.45) is 0 Å². The molecule has 0 aromatic carbocycles. The maximum absolute atomic E-state index is 4.99. The summed E-state index contributed by atoms with van der Waals surface area (Å²) in [7, 11) is 15.0. The maximum atomic E-state index is 4.99. The molecule has 0 saturated heterocycles. The van der Waals surface area contributed by atoms with Crippen molar-refractivity contribution in [2.75, 3.05) is 0 Å². The number of hydrogen-bond donors (Lipinski definition) is 0. The Morgan fingerprint density at radius 1 is 1.00 bits per heavy atom. The van der Waals surface area contributed by atoms with E-state index in [1.54, 1.807) is 0 Å². The second-order valence-electron chi connectivity index (χ2n) is 0.192. The summed E-state index contributed by atoms with van der Waals surface area (Å²) >= 11 is -2.03. The molecule has 0 aliphatic carbocycles. The standard InChI is InChI=1S/3ClH.Ru.3H/h3*1H;;;;/q;;;+3;;;/p-3. The fraction of sp³-hybridized carbons (Fsp3) is 0. The Morgan fingerprint density at radius 2 is 1.00 bits per heavy atom. The van der Waals surface area contributed by atoms with Crippen LogP contribution in [0.5, 0.6) is 0 Å². The van der Waals surface area contributed by atoms with Gasteiger partial charge in [-0.3, -0.25) is 0 Å². The van der Waals surface area contributed by atoms with Gasteiger partial charge in [0.25, 0.3) is 0 Å². The molecule has 0 fully saturated rings. The van der Waals surface area contributed by atoms with Gasteiger partial charge in [0.05, 0.1) is 0 Å². The van der Waals surface area contributed by atoms with Crippen LogP contribution in [-0.2, 0) is 13.0 Å². The van der Waals surface area contributed by atoms with Gasteiger partial charge in [-0.1, -0.05) is 0 Å². The number of halogens is 3. The van der Waals surface area contributed by atoms with Gasteiger partial charge >= 0.3 is 42.1 Å². The molecule has 0 heterocycles. The van der Waals surface area contributed by atoms with E-state index in [9.17, 15) is 0 Å². The van der Waals surface area contributed by atoms with Gasteiger partial charge in [-0.05, 0) is 0 Å². The molecule has 0 aromatic rings. The van der Waals surface area contributed by atoms with E-state index in [-0.39, 0.29) is 0 Å².